The van der Waals surface area contributed by atoms with E-state index in [1.807, 2.05) is 0 Å². The van der Waals surface area contributed by atoms with E-state index in [9.17, 15) is 5.21 Å². The van der Waals surface area contributed by atoms with Crippen molar-refractivity contribution in [1.29, 1.82) is 0 Å². The predicted molar refractivity (Wildman–Crippen MR) is 93.6 cm³/mol. The van der Waals surface area contributed by atoms with Crippen LogP contribution in [-0.4, -0.2) is 23.4 Å². The molecule has 1 heterocycles. The first kappa shape index (κ1) is 17.9. The van der Waals surface area contributed by atoms with Gasteiger partial charge in [0.2, 0.25) is 0 Å². The standard InChI is InChI=1S/C18H27NO2.BrH/c1-13-8-9-15-12-21-18(14-6-4-3-5-7-14)10-16(15)17(13)11-19(2)20;/h8-9,14,18,20H,3-7,10-12H2,1-2H3;1H. The van der Waals surface area contributed by atoms with Gasteiger partial charge in [-0.15, -0.1) is 17.0 Å². The molecule has 1 fully saturated rings. The summed E-state index contributed by atoms with van der Waals surface area (Å²) in [6.07, 6.45) is 8.14. The van der Waals surface area contributed by atoms with Gasteiger partial charge in [-0.1, -0.05) is 31.4 Å². The summed E-state index contributed by atoms with van der Waals surface area (Å²) < 4.78 is 6.17. The number of hydrogen-bond donors (Lipinski definition) is 1. The molecule has 0 bridgehead atoms. The zero-order valence-electron chi connectivity index (χ0n) is 13.7. The number of aryl methyl sites for hydroxylation is 1. The minimum atomic E-state index is 0. The molecule has 3 nitrogen and oxygen atoms in total. The first-order valence-corrected chi connectivity index (χ1v) is 8.27. The highest BCUT2D eigenvalue weighted by Gasteiger charge is 2.29. The number of rotatable bonds is 3. The van der Waals surface area contributed by atoms with Crippen molar-refractivity contribution in [3.05, 3.63) is 34.4 Å². The summed E-state index contributed by atoms with van der Waals surface area (Å²) in [6.45, 7) is 3.48. The van der Waals surface area contributed by atoms with Crippen molar-refractivity contribution in [2.45, 2.75) is 64.7 Å². The van der Waals surface area contributed by atoms with Gasteiger partial charge >= 0.3 is 0 Å². The van der Waals surface area contributed by atoms with Crippen LogP contribution in [-0.2, 0) is 24.3 Å². The molecule has 0 spiro atoms. The van der Waals surface area contributed by atoms with Crippen LogP contribution in [0, 0.1) is 12.8 Å². The molecule has 1 atom stereocenters. The van der Waals surface area contributed by atoms with Crippen LogP contribution in [0.5, 0.6) is 0 Å². The van der Waals surface area contributed by atoms with Crippen molar-refractivity contribution in [1.82, 2.24) is 5.06 Å². The number of benzene rings is 1. The third-order valence-electron chi connectivity index (χ3n) is 5.18. The van der Waals surface area contributed by atoms with E-state index in [0.717, 1.165) is 18.9 Å². The Morgan fingerprint density at radius 3 is 2.64 bits per heavy atom. The van der Waals surface area contributed by atoms with E-state index < -0.39 is 0 Å². The third kappa shape index (κ3) is 3.91. The number of nitrogens with zero attached hydrogens (tertiary/aromatic N) is 1. The van der Waals surface area contributed by atoms with Gasteiger partial charge in [0.15, 0.2) is 0 Å². The Morgan fingerprint density at radius 2 is 1.95 bits per heavy atom. The first-order valence-electron chi connectivity index (χ1n) is 8.27. The Kier molecular flexibility index (Phi) is 6.45. The van der Waals surface area contributed by atoms with Gasteiger partial charge in [0.1, 0.15) is 0 Å². The van der Waals surface area contributed by atoms with Crippen LogP contribution < -0.4 is 0 Å². The fourth-order valence-electron chi connectivity index (χ4n) is 3.96. The van der Waals surface area contributed by atoms with Gasteiger partial charge in [-0.2, -0.15) is 5.06 Å². The summed E-state index contributed by atoms with van der Waals surface area (Å²) in [7, 11) is 1.72. The van der Waals surface area contributed by atoms with E-state index in [1.54, 1.807) is 7.05 Å². The maximum atomic E-state index is 9.65. The zero-order valence-corrected chi connectivity index (χ0v) is 15.4. The molecule has 1 aromatic rings. The first-order chi connectivity index (χ1) is 10.1. The summed E-state index contributed by atoms with van der Waals surface area (Å²) in [5.41, 5.74) is 5.31. The van der Waals surface area contributed by atoms with E-state index in [0.29, 0.717) is 12.6 Å². The molecule has 1 saturated carbocycles. The lowest BCUT2D eigenvalue weighted by Gasteiger charge is -2.35. The van der Waals surface area contributed by atoms with E-state index in [4.69, 9.17) is 4.74 Å². The SMILES string of the molecule is Br.Cc1ccc2c(c1CN(C)O)CC(C1CCCCC1)OC2. The topological polar surface area (TPSA) is 32.7 Å². The van der Waals surface area contributed by atoms with Crippen LogP contribution in [0.3, 0.4) is 0 Å². The fourth-order valence-corrected chi connectivity index (χ4v) is 3.96. The normalized spacial score (nSPS) is 22.3. The molecule has 0 amide bonds. The maximum absolute atomic E-state index is 9.65. The summed E-state index contributed by atoms with van der Waals surface area (Å²) in [6, 6.07) is 4.35. The van der Waals surface area contributed by atoms with Gasteiger partial charge in [-0.05, 0) is 54.4 Å². The average molecular weight is 370 g/mol. The maximum Gasteiger partial charge on any atom is 0.0723 e. The molecule has 124 valence electrons. The van der Waals surface area contributed by atoms with E-state index in [-0.39, 0.29) is 17.0 Å². The van der Waals surface area contributed by atoms with Crippen molar-refractivity contribution in [2.24, 2.45) is 5.92 Å². The molecule has 0 saturated heterocycles. The Hall–Kier alpha value is -0.420. The Bertz CT molecular complexity index is 498. The third-order valence-corrected chi connectivity index (χ3v) is 5.18. The lowest BCUT2D eigenvalue weighted by Crippen LogP contribution is -2.32. The number of hydroxylamine groups is 2. The van der Waals surface area contributed by atoms with E-state index >= 15 is 0 Å². The van der Waals surface area contributed by atoms with E-state index in [1.165, 1.54) is 59.4 Å². The minimum Gasteiger partial charge on any atom is -0.373 e. The van der Waals surface area contributed by atoms with Crippen LogP contribution in [0.1, 0.15) is 54.4 Å². The zero-order chi connectivity index (χ0) is 14.8. The van der Waals surface area contributed by atoms with E-state index in [2.05, 4.69) is 19.1 Å². The molecule has 1 aromatic carbocycles. The molecule has 2 aliphatic rings. The summed E-state index contributed by atoms with van der Waals surface area (Å²) in [5, 5.41) is 10.9. The van der Waals surface area contributed by atoms with Gasteiger partial charge in [-0.3, -0.25) is 0 Å². The summed E-state index contributed by atoms with van der Waals surface area (Å²) >= 11 is 0. The monoisotopic (exact) mass is 369 g/mol. The van der Waals surface area contributed by atoms with Gasteiger partial charge in [0, 0.05) is 13.6 Å². The molecule has 0 aromatic heterocycles. The second-order valence-corrected chi connectivity index (χ2v) is 6.77. The molecule has 1 N–H and O–H groups in total. The van der Waals surface area contributed by atoms with Crippen molar-refractivity contribution < 1.29 is 9.94 Å². The molecule has 3 rings (SSSR count). The van der Waals surface area contributed by atoms with Crippen LogP contribution in [0.4, 0.5) is 0 Å². The lowest BCUT2D eigenvalue weighted by atomic mass is 9.80. The van der Waals surface area contributed by atoms with Crippen molar-refractivity contribution in [2.75, 3.05) is 7.05 Å². The number of ether oxygens (including phenoxy) is 1. The molecule has 4 heteroatoms. The van der Waals surface area contributed by atoms with Crippen LogP contribution in [0.25, 0.3) is 0 Å². The smallest absolute Gasteiger partial charge is 0.0723 e. The Balaban J connectivity index is 0.00000176. The molecule has 1 aliphatic carbocycles. The largest absolute Gasteiger partial charge is 0.373 e. The molecular formula is C18H28BrNO2. The molecule has 0 radical (unpaired) electrons. The predicted octanol–water partition coefficient (Wildman–Crippen LogP) is 4.42. The minimum absolute atomic E-state index is 0. The highest BCUT2D eigenvalue weighted by Crippen LogP contribution is 2.35. The fraction of sp³-hybridized carbons (Fsp3) is 0.667. The van der Waals surface area contributed by atoms with Gasteiger partial charge < -0.3 is 9.94 Å². The number of hydrogen-bond acceptors (Lipinski definition) is 3. The Morgan fingerprint density at radius 1 is 1.23 bits per heavy atom. The van der Waals surface area contributed by atoms with Crippen molar-refractivity contribution in [3.8, 4) is 0 Å². The molecule has 22 heavy (non-hydrogen) atoms. The van der Waals surface area contributed by atoms with Crippen molar-refractivity contribution in [3.63, 3.8) is 0 Å². The molecule has 1 aliphatic heterocycles. The second-order valence-electron chi connectivity index (χ2n) is 6.77. The van der Waals surface area contributed by atoms with Crippen LogP contribution in [0.15, 0.2) is 12.1 Å². The quantitative estimate of drug-likeness (QED) is 0.800. The molecular weight excluding hydrogens is 342 g/mol. The summed E-state index contributed by atoms with van der Waals surface area (Å²) in [5.74, 6) is 0.729. The second kappa shape index (κ2) is 7.91. The van der Waals surface area contributed by atoms with Gasteiger partial charge in [-0.25, -0.2) is 0 Å². The Labute approximate surface area is 144 Å². The highest BCUT2D eigenvalue weighted by atomic mass is 79.9. The average Bonchev–Trinajstić information content (AvgIpc) is 2.50. The van der Waals surface area contributed by atoms with Crippen molar-refractivity contribution >= 4 is 17.0 Å². The van der Waals surface area contributed by atoms with Gasteiger partial charge in [0.05, 0.1) is 12.7 Å². The van der Waals surface area contributed by atoms with Gasteiger partial charge in [0.25, 0.3) is 0 Å². The lowest BCUT2D eigenvalue weighted by molar-refractivity contribution is -0.0741. The number of fused-ring (bicyclic) bond motifs is 1. The highest BCUT2D eigenvalue weighted by molar-refractivity contribution is 8.93. The number of halogens is 1. The molecule has 1 unspecified atom stereocenters. The van der Waals surface area contributed by atoms with Crippen LogP contribution >= 0.6 is 17.0 Å². The van der Waals surface area contributed by atoms with Crippen LogP contribution in [0.2, 0.25) is 0 Å². The summed E-state index contributed by atoms with van der Waals surface area (Å²) in [4.78, 5) is 0.